The molecule has 0 saturated carbocycles. The van der Waals surface area contributed by atoms with E-state index in [9.17, 15) is 9.59 Å². The predicted octanol–water partition coefficient (Wildman–Crippen LogP) is 6.07. The van der Waals surface area contributed by atoms with Gasteiger partial charge in [0, 0.05) is 4.90 Å². The summed E-state index contributed by atoms with van der Waals surface area (Å²) in [5.74, 6) is -0.843. The summed E-state index contributed by atoms with van der Waals surface area (Å²) in [5.41, 5.74) is 3.05. The Morgan fingerprint density at radius 3 is 2.44 bits per heavy atom. The van der Waals surface area contributed by atoms with E-state index in [0.29, 0.717) is 10.7 Å². The third-order valence-electron chi connectivity index (χ3n) is 5.00. The molecule has 1 N–H and O–H groups in total. The zero-order valence-electron chi connectivity index (χ0n) is 19.1. The largest absolute Gasteiger partial charge is 0.464 e. The Bertz CT molecular complexity index is 1080. The van der Waals surface area contributed by atoms with Gasteiger partial charge in [-0.15, -0.1) is 0 Å². The van der Waals surface area contributed by atoms with Crippen LogP contribution in [0.25, 0.3) is 0 Å². The highest BCUT2D eigenvalue weighted by Gasteiger charge is 2.26. The molecule has 6 heteroatoms. The van der Waals surface area contributed by atoms with Crippen molar-refractivity contribution in [1.29, 1.82) is 0 Å². The normalized spacial score (nSPS) is 12.3. The number of ether oxygens (including phenoxy) is 1. The van der Waals surface area contributed by atoms with Gasteiger partial charge in [0.15, 0.2) is 16.9 Å². The Morgan fingerprint density at radius 1 is 1.06 bits per heavy atom. The highest BCUT2D eigenvalue weighted by atomic mass is 32.2. The van der Waals surface area contributed by atoms with Crippen LogP contribution in [0.1, 0.15) is 61.0 Å². The number of furan rings is 1. The first-order chi connectivity index (χ1) is 15.2. The van der Waals surface area contributed by atoms with E-state index in [-0.39, 0.29) is 17.8 Å². The smallest absolute Gasteiger partial charge is 0.333 e. The van der Waals surface area contributed by atoms with E-state index < -0.39 is 17.9 Å². The quantitative estimate of drug-likeness (QED) is 0.442. The van der Waals surface area contributed by atoms with Crippen molar-refractivity contribution in [3.05, 3.63) is 83.1 Å². The van der Waals surface area contributed by atoms with Gasteiger partial charge in [-0.2, -0.15) is 0 Å². The second kappa shape index (κ2) is 10.1. The van der Waals surface area contributed by atoms with Gasteiger partial charge in [0.1, 0.15) is 0 Å². The van der Waals surface area contributed by atoms with Crippen molar-refractivity contribution in [2.75, 3.05) is 6.61 Å². The number of benzene rings is 2. The Hall–Kier alpha value is -2.99. The van der Waals surface area contributed by atoms with Crippen molar-refractivity contribution in [3.63, 3.8) is 0 Å². The number of amides is 1. The van der Waals surface area contributed by atoms with E-state index in [2.05, 4.69) is 51.2 Å². The molecule has 3 aromatic rings. The van der Waals surface area contributed by atoms with E-state index in [4.69, 9.17) is 9.15 Å². The molecule has 0 fully saturated rings. The maximum Gasteiger partial charge on any atom is 0.333 e. The molecule has 3 rings (SSSR count). The van der Waals surface area contributed by atoms with Crippen LogP contribution in [0.15, 0.2) is 75.1 Å². The van der Waals surface area contributed by atoms with Crippen LogP contribution in [0.3, 0.4) is 0 Å². The molecule has 168 valence electrons. The summed E-state index contributed by atoms with van der Waals surface area (Å²) < 4.78 is 10.9. The number of carbonyl (C=O) groups is 2. The molecule has 1 unspecified atom stereocenters. The average molecular weight is 452 g/mol. The molecule has 32 heavy (non-hydrogen) atoms. The molecule has 1 amide bonds. The lowest BCUT2D eigenvalue weighted by molar-refractivity contribution is -0.145. The lowest BCUT2D eigenvalue weighted by Crippen LogP contribution is -2.34. The van der Waals surface area contributed by atoms with Crippen molar-refractivity contribution in [1.82, 2.24) is 5.32 Å². The summed E-state index contributed by atoms with van der Waals surface area (Å²) in [4.78, 5) is 26.3. The minimum Gasteiger partial charge on any atom is -0.464 e. The molecule has 1 heterocycles. The molecule has 0 spiro atoms. The maximum absolute atomic E-state index is 12.8. The summed E-state index contributed by atoms with van der Waals surface area (Å²) in [6, 6.07) is 17.9. The van der Waals surface area contributed by atoms with Crippen LogP contribution < -0.4 is 5.32 Å². The number of carbonyl (C=O) groups excluding carboxylic acids is 2. The van der Waals surface area contributed by atoms with Gasteiger partial charge >= 0.3 is 5.97 Å². The second-order valence-electron chi connectivity index (χ2n) is 8.52. The molecular weight excluding hydrogens is 422 g/mol. The maximum atomic E-state index is 12.8. The fraction of sp³-hybridized carbons (Fsp3) is 0.308. The van der Waals surface area contributed by atoms with E-state index in [1.165, 1.54) is 17.3 Å². The molecule has 5 nitrogen and oxygen atoms in total. The van der Waals surface area contributed by atoms with Gasteiger partial charge in [-0.25, -0.2) is 4.79 Å². The first-order valence-corrected chi connectivity index (χ1v) is 11.4. The van der Waals surface area contributed by atoms with Crippen molar-refractivity contribution < 1.29 is 18.7 Å². The molecule has 2 aromatic carbocycles. The highest BCUT2D eigenvalue weighted by Crippen LogP contribution is 2.35. The SMILES string of the molecule is CCOC(=O)C(NC(=O)c1ccc(Sc2cc(C(C)(C)C)ccc2C)o1)c1ccccc1. The Balaban J connectivity index is 1.77. The monoisotopic (exact) mass is 451 g/mol. The molecule has 0 radical (unpaired) electrons. The molecule has 0 aliphatic rings. The van der Waals surface area contributed by atoms with E-state index in [0.717, 1.165) is 10.5 Å². The van der Waals surface area contributed by atoms with Crippen molar-refractivity contribution in [2.24, 2.45) is 0 Å². The van der Waals surface area contributed by atoms with Crippen LogP contribution >= 0.6 is 11.8 Å². The van der Waals surface area contributed by atoms with Gasteiger partial charge in [0.05, 0.1) is 6.61 Å². The fourth-order valence-electron chi connectivity index (χ4n) is 3.13. The van der Waals surface area contributed by atoms with Crippen LogP contribution in [0.4, 0.5) is 0 Å². The first-order valence-electron chi connectivity index (χ1n) is 10.6. The number of hydrogen-bond donors (Lipinski definition) is 1. The lowest BCUT2D eigenvalue weighted by Gasteiger charge is -2.20. The van der Waals surface area contributed by atoms with Gasteiger partial charge in [-0.1, -0.05) is 75.0 Å². The molecule has 1 atom stereocenters. The standard InChI is InChI=1S/C26H29NO4S/c1-6-30-25(29)23(18-10-8-7-9-11-18)27-24(28)20-14-15-22(31-20)32-21-16-19(26(3,4)5)13-12-17(21)2/h7-16,23H,6H2,1-5H3,(H,27,28). The first kappa shape index (κ1) is 23.7. The summed E-state index contributed by atoms with van der Waals surface area (Å²) in [6.07, 6.45) is 0. The van der Waals surface area contributed by atoms with Gasteiger partial charge in [-0.3, -0.25) is 4.79 Å². The van der Waals surface area contributed by atoms with E-state index in [1.807, 2.05) is 18.2 Å². The summed E-state index contributed by atoms with van der Waals surface area (Å²) in [6.45, 7) is 10.5. The minimum atomic E-state index is -0.907. The van der Waals surface area contributed by atoms with Gasteiger partial charge in [-0.05, 0) is 54.2 Å². The van der Waals surface area contributed by atoms with Crippen molar-refractivity contribution >= 4 is 23.6 Å². The number of esters is 1. The Kier molecular flexibility index (Phi) is 7.46. The van der Waals surface area contributed by atoms with Crippen LogP contribution in [-0.4, -0.2) is 18.5 Å². The number of rotatable bonds is 7. The topological polar surface area (TPSA) is 68.5 Å². The van der Waals surface area contributed by atoms with Gasteiger partial charge < -0.3 is 14.5 Å². The third-order valence-corrected chi connectivity index (χ3v) is 6.08. The zero-order valence-corrected chi connectivity index (χ0v) is 19.9. The van der Waals surface area contributed by atoms with Crippen molar-refractivity contribution in [2.45, 2.75) is 56.1 Å². The fourth-order valence-corrected chi connectivity index (χ4v) is 4.03. The Morgan fingerprint density at radius 2 is 1.78 bits per heavy atom. The second-order valence-corrected chi connectivity index (χ2v) is 9.57. The zero-order chi connectivity index (χ0) is 23.3. The third kappa shape index (κ3) is 5.82. The van der Waals surface area contributed by atoms with Crippen LogP contribution in [0, 0.1) is 6.92 Å². The lowest BCUT2D eigenvalue weighted by atomic mass is 9.87. The molecule has 1 aromatic heterocycles. The predicted molar refractivity (Wildman–Crippen MR) is 126 cm³/mol. The average Bonchev–Trinajstić information content (AvgIpc) is 3.22. The van der Waals surface area contributed by atoms with Gasteiger partial charge in [0.25, 0.3) is 5.91 Å². The molecule has 0 aliphatic heterocycles. The Labute approximate surface area is 193 Å². The minimum absolute atomic E-state index is 0.0385. The van der Waals surface area contributed by atoms with Crippen LogP contribution in [0.2, 0.25) is 0 Å². The van der Waals surface area contributed by atoms with Crippen molar-refractivity contribution in [3.8, 4) is 0 Å². The number of hydrogen-bond acceptors (Lipinski definition) is 5. The number of nitrogens with one attached hydrogen (secondary N) is 1. The summed E-state index contributed by atoms with van der Waals surface area (Å²) in [7, 11) is 0. The molecule has 0 aliphatic carbocycles. The van der Waals surface area contributed by atoms with E-state index >= 15 is 0 Å². The molecular formula is C26H29NO4S. The van der Waals surface area contributed by atoms with Crippen LogP contribution in [0.5, 0.6) is 0 Å². The number of aryl methyl sites for hydroxylation is 1. The summed E-state index contributed by atoms with van der Waals surface area (Å²) >= 11 is 1.47. The highest BCUT2D eigenvalue weighted by molar-refractivity contribution is 7.99. The molecule has 0 bridgehead atoms. The summed E-state index contributed by atoms with van der Waals surface area (Å²) in [5, 5.41) is 3.34. The van der Waals surface area contributed by atoms with Crippen LogP contribution in [-0.2, 0) is 14.9 Å². The van der Waals surface area contributed by atoms with E-state index in [1.54, 1.807) is 31.2 Å². The van der Waals surface area contributed by atoms with Gasteiger partial charge in [0.2, 0.25) is 0 Å². The molecule has 0 saturated heterocycles.